The first-order valence-corrected chi connectivity index (χ1v) is 12.9. The van der Waals surface area contributed by atoms with Crippen molar-refractivity contribution in [3.63, 3.8) is 0 Å². The molecule has 1 saturated carbocycles. The van der Waals surface area contributed by atoms with Gasteiger partial charge in [-0.1, -0.05) is 50.0 Å². The Morgan fingerprint density at radius 2 is 1.81 bits per heavy atom. The molecule has 0 bridgehead atoms. The number of Topliss-reactive ketones (excluding diaryl/α,β-unsaturated/α-hetero) is 1. The van der Waals surface area contributed by atoms with E-state index in [-0.39, 0.29) is 17.4 Å². The summed E-state index contributed by atoms with van der Waals surface area (Å²) in [7, 11) is -1.62. The van der Waals surface area contributed by atoms with Crippen molar-refractivity contribution < 1.29 is 23.7 Å². The molecule has 0 aromatic heterocycles. The van der Waals surface area contributed by atoms with Gasteiger partial charge < -0.3 is 18.9 Å². The van der Waals surface area contributed by atoms with Crippen LogP contribution in [0.15, 0.2) is 30.3 Å². The zero-order chi connectivity index (χ0) is 18.7. The van der Waals surface area contributed by atoms with E-state index >= 15 is 0 Å². The van der Waals surface area contributed by atoms with Crippen molar-refractivity contribution in [3.05, 3.63) is 35.9 Å². The molecule has 2 aliphatic heterocycles. The second-order valence-corrected chi connectivity index (χ2v) is 14.6. The molecule has 3 fully saturated rings. The summed E-state index contributed by atoms with van der Waals surface area (Å²) in [6.45, 7) is 11.0. The van der Waals surface area contributed by atoms with Crippen molar-refractivity contribution in [2.75, 3.05) is 0 Å². The summed E-state index contributed by atoms with van der Waals surface area (Å²) in [6, 6.07) is 10.00. The number of fused-ring (bicyclic) bond motifs is 1. The quantitative estimate of drug-likeness (QED) is 0.753. The molecule has 2 unspecified atom stereocenters. The van der Waals surface area contributed by atoms with Crippen LogP contribution in [-0.2, 0) is 30.3 Å². The van der Waals surface area contributed by atoms with Gasteiger partial charge in [-0.3, -0.25) is 4.79 Å². The molecular weight excluding hydrogens is 348 g/mol. The maximum Gasteiger partial charge on any atom is 0.191 e. The first-order valence-electron chi connectivity index (χ1n) is 9.36. The highest BCUT2D eigenvalue weighted by molar-refractivity contribution is 6.79. The van der Waals surface area contributed by atoms with Crippen molar-refractivity contribution in [2.45, 2.75) is 81.9 Å². The molecule has 2 saturated heterocycles. The van der Waals surface area contributed by atoms with E-state index in [1.54, 1.807) is 0 Å². The van der Waals surface area contributed by atoms with Gasteiger partial charge in [0.1, 0.15) is 12.2 Å². The molecule has 1 aromatic carbocycles. The third kappa shape index (κ3) is 2.79. The molecule has 1 aromatic rings. The van der Waals surface area contributed by atoms with Crippen LogP contribution in [0.3, 0.4) is 0 Å². The van der Waals surface area contributed by atoms with Crippen LogP contribution in [-0.4, -0.2) is 43.7 Å². The van der Waals surface area contributed by atoms with Gasteiger partial charge in [-0.25, -0.2) is 0 Å². The monoisotopic (exact) mass is 376 g/mol. The lowest BCUT2D eigenvalue weighted by Gasteiger charge is -2.53. The lowest BCUT2D eigenvalue weighted by Crippen LogP contribution is -2.67. The Morgan fingerprint density at radius 3 is 2.42 bits per heavy atom. The number of carbonyl (C=O) groups excluding carboxylic acids is 1. The Labute approximate surface area is 156 Å². The molecule has 142 valence electrons. The summed E-state index contributed by atoms with van der Waals surface area (Å²) in [4.78, 5) is 12.8. The van der Waals surface area contributed by atoms with Crippen molar-refractivity contribution in [1.29, 1.82) is 0 Å². The standard InChI is InChI=1S/C20H28O5Si/c1-19(2)23-16-17(22-12-13-9-7-6-8-10-13)20(25-18(16)24-19)14(21)11-15(20)26(3,4)5/h6-10,15-18H,11-12H2,1-5H3/t15?,16?,17-,18-,20-/m0/s1. The van der Waals surface area contributed by atoms with E-state index in [0.717, 1.165) is 5.56 Å². The largest absolute Gasteiger partial charge is 0.367 e. The highest BCUT2D eigenvalue weighted by Gasteiger charge is 2.74. The Balaban J connectivity index is 1.64. The molecular formula is C20H28O5Si. The highest BCUT2D eigenvalue weighted by atomic mass is 28.3. The third-order valence-corrected chi connectivity index (χ3v) is 8.50. The Morgan fingerprint density at radius 1 is 1.12 bits per heavy atom. The van der Waals surface area contributed by atoms with Gasteiger partial charge in [-0.2, -0.15) is 0 Å². The van der Waals surface area contributed by atoms with E-state index in [2.05, 4.69) is 19.6 Å². The fraction of sp³-hybridized carbons (Fsp3) is 0.650. The van der Waals surface area contributed by atoms with Crippen LogP contribution in [0.5, 0.6) is 0 Å². The lowest BCUT2D eigenvalue weighted by molar-refractivity contribution is -0.251. The van der Waals surface area contributed by atoms with Gasteiger partial charge in [-0.05, 0) is 25.0 Å². The van der Waals surface area contributed by atoms with Crippen LogP contribution < -0.4 is 0 Å². The van der Waals surface area contributed by atoms with Gasteiger partial charge in [0, 0.05) is 6.42 Å². The summed E-state index contributed by atoms with van der Waals surface area (Å²) >= 11 is 0. The Bertz CT molecular complexity index is 698. The maximum absolute atomic E-state index is 12.8. The Hall–Kier alpha value is -1.05. The van der Waals surface area contributed by atoms with E-state index in [4.69, 9.17) is 18.9 Å². The smallest absolute Gasteiger partial charge is 0.191 e. The summed E-state index contributed by atoms with van der Waals surface area (Å²) in [5, 5.41) is 0. The van der Waals surface area contributed by atoms with Gasteiger partial charge >= 0.3 is 0 Å². The first kappa shape index (κ1) is 18.3. The van der Waals surface area contributed by atoms with Crippen molar-refractivity contribution in [3.8, 4) is 0 Å². The van der Waals surface area contributed by atoms with Gasteiger partial charge in [0.15, 0.2) is 23.5 Å². The molecule has 4 rings (SSSR count). The van der Waals surface area contributed by atoms with E-state index < -0.39 is 31.9 Å². The van der Waals surface area contributed by atoms with Crippen LogP contribution >= 0.6 is 0 Å². The molecule has 1 aliphatic carbocycles. The molecule has 0 radical (unpaired) electrons. The Kier molecular flexibility index (Phi) is 4.21. The lowest BCUT2D eigenvalue weighted by atomic mass is 9.73. The number of benzene rings is 1. The summed E-state index contributed by atoms with van der Waals surface area (Å²) < 4.78 is 24.7. The van der Waals surface area contributed by atoms with Crippen LogP contribution in [0.4, 0.5) is 0 Å². The van der Waals surface area contributed by atoms with Crippen LogP contribution in [0, 0.1) is 0 Å². The predicted molar refractivity (Wildman–Crippen MR) is 99.4 cm³/mol. The maximum atomic E-state index is 12.8. The van der Waals surface area contributed by atoms with E-state index in [9.17, 15) is 4.79 Å². The zero-order valence-corrected chi connectivity index (χ0v) is 17.2. The number of hydrogen-bond donors (Lipinski definition) is 0. The number of carbonyl (C=O) groups is 1. The van der Waals surface area contributed by atoms with Crippen molar-refractivity contribution >= 4 is 13.9 Å². The summed E-state index contributed by atoms with van der Waals surface area (Å²) in [6.07, 6.45) is -0.790. The SMILES string of the molecule is CC1(C)OC2[C@@H](O1)O[C@]1(C(=O)CC1[Si](C)(C)C)[C@H]2OCc1ccccc1. The normalized spacial score (nSPS) is 38.4. The van der Waals surface area contributed by atoms with Gasteiger partial charge in [0.2, 0.25) is 0 Å². The molecule has 1 spiro atoms. The zero-order valence-electron chi connectivity index (χ0n) is 16.2. The van der Waals surface area contributed by atoms with E-state index in [1.165, 1.54) is 0 Å². The molecule has 2 heterocycles. The second kappa shape index (κ2) is 5.97. The number of ether oxygens (including phenoxy) is 4. The van der Waals surface area contributed by atoms with Crippen LogP contribution in [0.2, 0.25) is 25.2 Å². The highest BCUT2D eigenvalue weighted by Crippen LogP contribution is 2.59. The first-order chi connectivity index (χ1) is 12.1. The predicted octanol–water partition coefficient (Wildman–Crippen LogP) is 3.50. The summed E-state index contributed by atoms with van der Waals surface area (Å²) in [5.74, 6) is -0.602. The summed E-state index contributed by atoms with van der Waals surface area (Å²) in [5.41, 5.74) is 0.371. The number of hydrogen-bond acceptors (Lipinski definition) is 5. The third-order valence-electron chi connectivity index (χ3n) is 5.78. The average molecular weight is 377 g/mol. The molecule has 0 N–H and O–H groups in total. The molecule has 5 nitrogen and oxygen atoms in total. The number of ketones is 1. The number of rotatable bonds is 4. The second-order valence-electron chi connectivity index (χ2n) is 9.14. The minimum Gasteiger partial charge on any atom is -0.367 e. The minimum absolute atomic E-state index is 0.127. The van der Waals surface area contributed by atoms with Gasteiger partial charge in [0.25, 0.3) is 0 Å². The molecule has 26 heavy (non-hydrogen) atoms. The molecule has 6 heteroatoms. The van der Waals surface area contributed by atoms with E-state index in [0.29, 0.717) is 13.0 Å². The van der Waals surface area contributed by atoms with Gasteiger partial charge in [0.05, 0.1) is 14.7 Å². The van der Waals surface area contributed by atoms with Crippen LogP contribution in [0.25, 0.3) is 0 Å². The molecule has 5 atom stereocenters. The average Bonchev–Trinajstić information content (AvgIpc) is 3.01. The van der Waals surface area contributed by atoms with Crippen molar-refractivity contribution in [1.82, 2.24) is 0 Å². The fourth-order valence-corrected chi connectivity index (χ4v) is 7.03. The van der Waals surface area contributed by atoms with Crippen molar-refractivity contribution in [2.24, 2.45) is 0 Å². The fourth-order valence-electron chi connectivity index (χ4n) is 4.55. The minimum atomic E-state index is -1.62. The van der Waals surface area contributed by atoms with Crippen LogP contribution in [0.1, 0.15) is 25.8 Å². The molecule has 3 aliphatic rings. The molecule has 0 amide bonds. The van der Waals surface area contributed by atoms with Gasteiger partial charge in [-0.15, -0.1) is 0 Å². The van der Waals surface area contributed by atoms with E-state index in [1.807, 2.05) is 44.2 Å². The topological polar surface area (TPSA) is 54.0 Å².